The normalized spacial score (nSPS) is 20.6. The molecule has 2 aromatic heterocycles. The van der Waals surface area contributed by atoms with Gasteiger partial charge in [0.2, 0.25) is 5.91 Å². The number of aromatic hydroxyl groups is 1. The van der Waals surface area contributed by atoms with E-state index in [0.717, 1.165) is 34.6 Å². The van der Waals surface area contributed by atoms with Crippen LogP contribution in [0.1, 0.15) is 39.5 Å². The van der Waals surface area contributed by atoms with Crippen LogP contribution in [0.15, 0.2) is 53.2 Å². The fraction of sp³-hybridized carbons (Fsp3) is 0.385. The zero-order valence-corrected chi connectivity index (χ0v) is 19.5. The highest BCUT2D eigenvalue weighted by Crippen LogP contribution is 2.31. The van der Waals surface area contributed by atoms with E-state index < -0.39 is 0 Å². The minimum absolute atomic E-state index is 0.0886. The highest BCUT2D eigenvalue weighted by atomic mass is 32.1. The third kappa shape index (κ3) is 5.49. The van der Waals surface area contributed by atoms with Crippen molar-refractivity contribution in [2.45, 2.75) is 45.6 Å². The zero-order valence-electron chi connectivity index (χ0n) is 18.7. The Morgan fingerprint density at radius 2 is 2.00 bits per heavy atom. The summed E-state index contributed by atoms with van der Waals surface area (Å²) < 4.78 is 0. The van der Waals surface area contributed by atoms with Gasteiger partial charge in [0.15, 0.2) is 0 Å². The molecule has 1 amide bonds. The summed E-state index contributed by atoms with van der Waals surface area (Å²) in [5.41, 5.74) is 3.81. The van der Waals surface area contributed by atoms with Gasteiger partial charge in [-0.3, -0.25) is 4.79 Å². The number of amides is 1. The number of benzene rings is 1. The standard InChI is InChI=1S/C26H31N3O2S/c1-17-5-3-8-23(18(17)2)29-26(31)9-11-27-25-15-21(20-10-12-32-16-20)14-24(28-25)19-6-4-7-22(30)13-19/h4,6-7,10,12-18,23,30H,3,5,8-9,11H2,1-2H3,(H,27,28)(H,29,31). The first-order valence-corrected chi connectivity index (χ1v) is 12.3. The molecule has 0 aliphatic heterocycles. The minimum Gasteiger partial charge on any atom is -0.508 e. The Morgan fingerprint density at radius 3 is 2.78 bits per heavy atom. The van der Waals surface area contributed by atoms with E-state index in [1.807, 2.05) is 29.6 Å². The summed E-state index contributed by atoms with van der Waals surface area (Å²) in [7, 11) is 0. The highest BCUT2D eigenvalue weighted by molar-refractivity contribution is 7.08. The molecule has 1 aromatic carbocycles. The summed E-state index contributed by atoms with van der Waals surface area (Å²) >= 11 is 1.65. The smallest absolute Gasteiger partial charge is 0.221 e. The number of aromatic nitrogens is 1. The summed E-state index contributed by atoms with van der Waals surface area (Å²) in [5, 5.41) is 20.6. The van der Waals surface area contributed by atoms with Gasteiger partial charge in [0.05, 0.1) is 5.69 Å². The number of hydrogen-bond donors (Lipinski definition) is 3. The fourth-order valence-electron chi connectivity index (χ4n) is 4.40. The van der Waals surface area contributed by atoms with Gasteiger partial charge in [-0.1, -0.05) is 38.8 Å². The molecule has 2 heterocycles. The number of carbonyl (C=O) groups excluding carboxylic acids is 1. The number of phenols is 1. The number of phenolic OH excluding ortho intramolecular Hbond substituents is 1. The number of rotatable bonds is 7. The summed E-state index contributed by atoms with van der Waals surface area (Å²) in [4.78, 5) is 17.3. The van der Waals surface area contributed by atoms with Crippen LogP contribution < -0.4 is 10.6 Å². The quantitative estimate of drug-likeness (QED) is 0.418. The van der Waals surface area contributed by atoms with Crippen LogP contribution in [0.25, 0.3) is 22.4 Å². The van der Waals surface area contributed by atoms with E-state index >= 15 is 0 Å². The van der Waals surface area contributed by atoms with Crippen LogP contribution in [-0.4, -0.2) is 28.6 Å². The van der Waals surface area contributed by atoms with Crippen molar-refractivity contribution in [3.05, 3.63) is 53.2 Å². The Morgan fingerprint density at radius 1 is 1.12 bits per heavy atom. The van der Waals surface area contributed by atoms with Gasteiger partial charge >= 0.3 is 0 Å². The van der Waals surface area contributed by atoms with Gasteiger partial charge in [0.25, 0.3) is 0 Å². The summed E-state index contributed by atoms with van der Waals surface area (Å²) in [6.07, 6.45) is 3.92. The lowest BCUT2D eigenvalue weighted by atomic mass is 9.78. The molecule has 3 unspecified atom stereocenters. The van der Waals surface area contributed by atoms with Gasteiger partial charge < -0.3 is 15.7 Å². The zero-order chi connectivity index (χ0) is 22.5. The first kappa shape index (κ1) is 22.3. The number of carbonyl (C=O) groups is 1. The number of thiophene rings is 1. The number of hydrogen-bond acceptors (Lipinski definition) is 5. The first-order valence-electron chi connectivity index (χ1n) is 11.4. The predicted octanol–water partition coefficient (Wildman–Crippen LogP) is 5.93. The van der Waals surface area contributed by atoms with Gasteiger partial charge in [0, 0.05) is 24.6 Å². The Balaban J connectivity index is 1.44. The number of anilines is 1. The van der Waals surface area contributed by atoms with Crippen molar-refractivity contribution >= 4 is 23.1 Å². The van der Waals surface area contributed by atoms with Gasteiger partial charge in [-0.2, -0.15) is 11.3 Å². The van der Waals surface area contributed by atoms with Crippen LogP contribution in [0.5, 0.6) is 5.75 Å². The topological polar surface area (TPSA) is 74.2 Å². The van der Waals surface area contributed by atoms with Crippen LogP contribution in [-0.2, 0) is 4.79 Å². The molecule has 0 radical (unpaired) electrons. The number of pyridine rings is 1. The molecule has 168 valence electrons. The average Bonchev–Trinajstić information content (AvgIpc) is 3.32. The van der Waals surface area contributed by atoms with E-state index in [4.69, 9.17) is 4.98 Å². The second kappa shape index (κ2) is 10.2. The second-order valence-corrected chi connectivity index (χ2v) is 9.59. The van der Waals surface area contributed by atoms with Crippen LogP contribution in [0, 0.1) is 11.8 Å². The largest absolute Gasteiger partial charge is 0.508 e. The Kier molecular flexibility index (Phi) is 7.10. The molecule has 1 aliphatic rings. The molecular formula is C26H31N3O2S. The summed E-state index contributed by atoms with van der Waals surface area (Å²) in [6, 6.07) is 13.5. The summed E-state index contributed by atoms with van der Waals surface area (Å²) in [5.74, 6) is 2.20. The maximum Gasteiger partial charge on any atom is 0.221 e. The molecule has 0 spiro atoms. The molecular weight excluding hydrogens is 418 g/mol. The fourth-order valence-corrected chi connectivity index (χ4v) is 5.06. The van der Waals surface area contributed by atoms with E-state index in [0.29, 0.717) is 24.8 Å². The molecule has 1 fully saturated rings. The second-order valence-electron chi connectivity index (χ2n) is 8.81. The maximum atomic E-state index is 12.5. The van der Waals surface area contributed by atoms with Crippen molar-refractivity contribution in [1.82, 2.24) is 10.3 Å². The summed E-state index contributed by atoms with van der Waals surface area (Å²) in [6.45, 7) is 5.04. The first-order chi connectivity index (χ1) is 15.5. The molecule has 5 nitrogen and oxygen atoms in total. The Hall–Kier alpha value is -2.86. The molecule has 1 aliphatic carbocycles. The van der Waals surface area contributed by atoms with E-state index in [1.54, 1.807) is 23.5 Å². The third-order valence-corrected chi connectivity index (χ3v) is 7.22. The third-order valence-electron chi connectivity index (χ3n) is 6.53. The molecule has 32 heavy (non-hydrogen) atoms. The SMILES string of the molecule is CC1CCCC(NC(=O)CCNc2cc(-c3ccsc3)cc(-c3cccc(O)c3)n2)C1C. The number of nitrogens with zero attached hydrogens (tertiary/aromatic N) is 1. The predicted molar refractivity (Wildman–Crippen MR) is 132 cm³/mol. The minimum atomic E-state index is 0.0886. The van der Waals surface area contributed by atoms with Crippen LogP contribution in [0.3, 0.4) is 0 Å². The van der Waals surface area contributed by atoms with E-state index in [9.17, 15) is 9.90 Å². The van der Waals surface area contributed by atoms with Gasteiger partial charge in [-0.25, -0.2) is 4.98 Å². The number of nitrogens with one attached hydrogen (secondary N) is 2. The molecule has 3 aromatic rings. The van der Waals surface area contributed by atoms with E-state index in [-0.39, 0.29) is 17.7 Å². The molecule has 3 atom stereocenters. The van der Waals surface area contributed by atoms with E-state index in [2.05, 4.69) is 35.9 Å². The van der Waals surface area contributed by atoms with Gasteiger partial charge in [0.1, 0.15) is 11.6 Å². The molecule has 3 N–H and O–H groups in total. The molecule has 6 heteroatoms. The lowest BCUT2D eigenvalue weighted by Gasteiger charge is -2.34. The highest BCUT2D eigenvalue weighted by Gasteiger charge is 2.27. The lowest BCUT2D eigenvalue weighted by Crippen LogP contribution is -2.44. The Labute approximate surface area is 193 Å². The lowest BCUT2D eigenvalue weighted by molar-refractivity contribution is -0.122. The van der Waals surface area contributed by atoms with Crippen molar-refractivity contribution in [2.75, 3.05) is 11.9 Å². The molecule has 1 saturated carbocycles. The van der Waals surface area contributed by atoms with Gasteiger partial charge in [-0.15, -0.1) is 0 Å². The van der Waals surface area contributed by atoms with Crippen LogP contribution >= 0.6 is 11.3 Å². The van der Waals surface area contributed by atoms with Gasteiger partial charge in [-0.05, 0) is 70.5 Å². The van der Waals surface area contributed by atoms with Crippen molar-refractivity contribution in [1.29, 1.82) is 0 Å². The van der Waals surface area contributed by atoms with Crippen molar-refractivity contribution in [3.8, 4) is 28.1 Å². The monoisotopic (exact) mass is 449 g/mol. The molecule has 0 saturated heterocycles. The molecule has 4 rings (SSSR count). The van der Waals surface area contributed by atoms with Crippen molar-refractivity contribution in [2.24, 2.45) is 11.8 Å². The molecule has 0 bridgehead atoms. The average molecular weight is 450 g/mol. The van der Waals surface area contributed by atoms with Crippen molar-refractivity contribution < 1.29 is 9.90 Å². The van der Waals surface area contributed by atoms with Crippen LogP contribution in [0.2, 0.25) is 0 Å². The Bertz CT molecular complexity index is 1050. The maximum absolute atomic E-state index is 12.5. The van der Waals surface area contributed by atoms with E-state index in [1.165, 1.54) is 12.8 Å². The van der Waals surface area contributed by atoms with Crippen molar-refractivity contribution in [3.63, 3.8) is 0 Å². The van der Waals surface area contributed by atoms with Crippen LogP contribution in [0.4, 0.5) is 5.82 Å².